The summed E-state index contributed by atoms with van der Waals surface area (Å²) in [5.74, 6) is 2.74. The molecule has 0 amide bonds. The molecule has 0 radical (unpaired) electrons. The highest BCUT2D eigenvalue weighted by molar-refractivity contribution is 6.99. The van der Waals surface area contributed by atoms with Crippen molar-refractivity contribution in [1.82, 2.24) is 0 Å². The van der Waals surface area contributed by atoms with Crippen LogP contribution in [0.15, 0.2) is 60.7 Å². The van der Waals surface area contributed by atoms with Gasteiger partial charge < -0.3 is 4.43 Å². The summed E-state index contributed by atoms with van der Waals surface area (Å²) in [4.78, 5) is 0. The third-order valence-corrected chi connectivity index (χ3v) is 9.12. The molecule has 2 rings (SSSR count). The number of hydrogen-bond acceptors (Lipinski definition) is 1. The normalized spacial score (nSPS) is 13.4. The lowest BCUT2D eigenvalue weighted by molar-refractivity contribution is 0.261. The molecule has 0 heterocycles. The minimum Gasteiger partial charge on any atom is -0.394 e. The molecule has 1 nitrogen and oxygen atoms in total. The van der Waals surface area contributed by atoms with Gasteiger partial charge in [-0.3, -0.25) is 0 Å². The lowest BCUT2D eigenvalue weighted by atomic mass is 10.2. The number of rotatable bonds is 4. The molecular formula is C20H24OSi. The van der Waals surface area contributed by atoms with Gasteiger partial charge in [0.25, 0.3) is 8.32 Å². The summed E-state index contributed by atoms with van der Waals surface area (Å²) in [7, 11) is -2.48. The SMILES string of the molecule is C#CC(C)O[Si](c1ccccc1)(c1ccccc1)C(C)(C)C. The van der Waals surface area contributed by atoms with E-state index in [9.17, 15) is 0 Å². The van der Waals surface area contributed by atoms with E-state index in [0.29, 0.717) is 0 Å². The molecule has 0 aliphatic heterocycles. The maximum absolute atomic E-state index is 6.63. The fourth-order valence-electron chi connectivity index (χ4n) is 2.99. The highest BCUT2D eigenvalue weighted by atomic mass is 28.4. The smallest absolute Gasteiger partial charge is 0.262 e. The van der Waals surface area contributed by atoms with Crippen molar-refractivity contribution in [2.24, 2.45) is 0 Å². The van der Waals surface area contributed by atoms with Crippen LogP contribution in [0.3, 0.4) is 0 Å². The quantitative estimate of drug-likeness (QED) is 0.619. The van der Waals surface area contributed by atoms with Gasteiger partial charge >= 0.3 is 0 Å². The van der Waals surface area contributed by atoms with Crippen LogP contribution in [0.2, 0.25) is 5.04 Å². The first-order valence-electron chi connectivity index (χ1n) is 7.67. The van der Waals surface area contributed by atoms with Crippen LogP contribution in [-0.2, 0) is 4.43 Å². The van der Waals surface area contributed by atoms with Crippen molar-refractivity contribution in [3.05, 3.63) is 60.7 Å². The van der Waals surface area contributed by atoms with E-state index in [2.05, 4.69) is 75.2 Å². The zero-order valence-electron chi connectivity index (χ0n) is 13.8. The van der Waals surface area contributed by atoms with Crippen molar-refractivity contribution < 1.29 is 4.43 Å². The highest BCUT2D eigenvalue weighted by Crippen LogP contribution is 2.37. The van der Waals surface area contributed by atoms with E-state index in [-0.39, 0.29) is 11.1 Å². The average molecular weight is 308 g/mol. The predicted octanol–water partition coefficient (Wildman–Crippen LogP) is 3.58. The summed E-state index contributed by atoms with van der Waals surface area (Å²) in [6.07, 6.45) is 5.41. The minimum atomic E-state index is -2.48. The van der Waals surface area contributed by atoms with Gasteiger partial charge in [0.15, 0.2) is 0 Å². The maximum atomic E-state index is 6.63. The molecule has 1 atom stereocenters. The number of terminal acetylenes is 1. The summed E-state index contributed by atoms with van der Waals surface area (Å²) in [5.41, 5.74) is 0. The van der Waals surface area contributed by atoms with E-state index in [4.69, 9.17) is 10.8 Å². The molecule has 22 heavy (non-hydrogen) atoms. The standard InChI is InChI=1S/C20H24OSi/c1-6-17(2)21-22(20(3,4)5,18-13-9-7-10-14-18)19-15-11-8-12-16-19/h1,7-17H,2-5H3. The molecule has 0 saturated carbocycles. The van der Waals surface area contributed by atoms with Crippen molar-refractivity contribution in [1.29, 1.82) is 0 Å². The second-order valence-corrected chi connectivity index (χ2v) is 10.8. The van der Waals surface area contributed by atoms with Gasteiger partial charge in [-0.2, -0.15) is 0 Å². The van der Waals surface area contributed by atoms with Crippen molar-refractivity contribution >= 4 is 18.7 Å². The van der Waals surface area contributed by atoms with E-state index < -0.39 is 8.32 Å². The first kappa shape index (κ1) is 16.5. The van der Waals surface area contributed by atoms with E-state index in [1.54, 1.807) is 0 Å². The Morgan fingerprint density at radius 1 is 0.909 bits per heavy atom. The Labute approximate surface area is 135 Å². The first-order valence-corrected chi connectivity index (χ1v) is 9.57. The van der Waals surface area contributed by atoms with Crippen LogP contribution in [0, 0.1) is 12.3 Å². The molecule has 2 heteroatoms. The molecule has 0 saturated heterocycles. The van der Waals surface area contributed by atoms with Gasteiger partial charge in [-0.15, -0.1) is 6.42 Å². The Kier molecular flexibility index (Phi) is 4.90. The van der Waals surface area contributed by atoms with Crippen LogP contribution in [0.5, 0.6) is 0 Å². The Balaban J connectivity index is 2.73. The second-order valence-electron chi connectivity index (χ2n) is 6.59. The molecule has 0 aliphatic rings. The maximum Gasteiger partial charge on any atom is 0.262 e. The summed E-state index contributed by atoms with van der Waals surface area (Å²) in [6.45, 7) is 8.72. The van der Waals surface area contributed by atoms with Gasteiger partial charge in [0.1, 0.15) is 6.10 Å². The molecule has 0 fully saturated rings. The molecule has 2 aromatic carbocycles. The van der Waals surface area contributed by atoms with Gasteiger partial charge in [0.2, 0.25) is 0 Å². The minimum absolute atomic E-state index is 0.0270. The molecule has 0 bridgehead atoms. The lowest BCUT2D eigenvalue weighted by Gasteiger charge is -2.43. The summed E-state index contributed by atoms with van der Waals surface area (Å²) < 4.78 is 6.63. The molecule has 0 N–H and O–H groups in total. The van der Waals surface area contributed by atoms with Crippen LogP contribution < -0.4 is 10.4 Å². The second kappa shape index (κ2) is 6.52. The largest absolute Gasteiger partial charge is 0.394 e. The van der Waals surface area contributed by atoms with E-state index >= 15 is 0 Å². The summed E-state index contributed by atoms with van der Waals surface area (Å²) in [6, 6.07) is 21.1. The van der Waals surface area contributed by atoms with Crippen molar-refractivity contribution in [3.8, 4) is 12.3 Å². The summed E-state index contributed by atoms with van der Waals surface area (Å²) in [5, 5.41) is 2.49. The van der Waals surface area contributed by atoms with Crippen LogP contribution in [0.25, 0.3) is 0 Å². The Bertz CT molecular complexity index is 595. The molecule has 0 aliphatic carbocycles. The van der Waals surface area contributed by atoms with Gasteiger partial charge in [0.05, 0.1) is 0 Å². The van der Waals surface area contributed by atoms with Crippen molar-refractivity contribution in [2.75, 3.05) is 0 Å². The summed E-state index contributed by atoms with van der Waals surface area (Å²) >= 11 is 0. The van der Waals surface area contributed by atoms with Crippen LogP contribution in [-0.4, -0.2) is 14.4 Å². The number of benzene rings is 2. The van der Waals surface area contributed by atoms with E-state index in [1.807, 2.05) is 19.1 Å². The molecule has 0 spiro atoms. The first-order chi connectivity index (χ1) is 10.4. The van der Waals surface area contributed by atoms with Gasteiger partial charge in [-0.05, 0) is 22.3 Å². The molecular weight excluding hydrogens is 284 g/mol. The van der Waals surface area contributed by atoms with Crippen LogP contribution >= 0.6 is 0 Å². The van der Waals surface area contributed by atoms with Gasteiger partial charge in [-0.25, -0.2) is 0 Å². The fraction of sp³-hybridized carbons (Fsp3) is 0.300. The third kappa shape index (κ3) is 3.01. The third-order valence-electron chi connectivity index (χ3n) is 4.01. The molecule has 1 unspecified atom stereocenters. The van der Waals surface area contributed by atoms with Gasteiger partial charge in [-0.1, -0.05) is 87.4 Å². The van der Waals surface area contributed by atoms with E-state index in [0.717, 1.165) is 0 Å². The highest BCUT2D eigenvalue weighted by Gasteiger charge is 2.50. The number of hydrogen-bond donors (Lipinski definition) is 0. The molecule has 114 valence electrons. The predicted molar refractivity (Wildman–Crippen MR) is 97.0 cm³/mol. The zero-order chi connectivity index (χ0) is 16.2. The average Bonchev–Trinajstić information content (AvgIpc) is 2.52. The molecule has 0 aromatic heterocycles. The van der Waals surface area contributed by atoms with Gasteiger partial charge in [0, 0.05) is 0 Å². The Morgan fingerprint density at radius 3 is 1.64 bits per heavy atom. The molecule has 2 aromatic rings. The Morgan fingerprint density at radius 2 is 1.32 bits per heavy atom. The van der Waals surface area contributed by atoms with Crippen molar-refractivity contribution in [2.45, 2.75) is 38.8 Å². The topological polar surface area (TPSA) is 9.23 Å². The monoisotopic (exact) mass is 308 g/mol. The van der Waals surface area contributed by atoms with Crippen LogP contribution in [0.4, 0.5) is 0 Å². The van der Waals surface area contributed by atoms with Crippen LogP contribution in [0.1, 0.15) is 27.7 Å². The Hall–Kier alpha value is -1.82. The van der Waals surface area contributed by atoms with E-state index in [1.165, 1.54) is 10.4 Å². The fourth-order valence-corrected chi connectivity index (χ4v) is 7.60. The lowest BCUT2D eigenvalue weighted by Crippen LogP contribution is -2.67. The van der Waals surface area contributed by atoms with Crippen molar-refractivity contribution in [3.63, 3.8) is 0 Å². The zero-order valence-corrected chi connectivity index (χ0v) is 14.8.